The summed E-state index contributed by atoms with van der Waals surface area (Å²) in [5.41, 5.74) is 12.7. The molecule has 62 heavy (non-hydrogen) atoms. The molecule has 0 fully saturated rings. The van der Waals surface area contributed by atoms with E-state index in [0.717, 1.165) is 45.5 Å². The summed E-state index contributed by atoms with van der Waals surface area (Å²) in [5.74, 6) is 1.89. The van der Waals surface area contributed by atoms with E-state index in [9.17, 15) is 0 Å². The second kappa shape index (κ2) is 13.6. The van der Waals surface area contributed by atoms with E-state index in [4.69, 9.17) is 15.0 Å². The quantitative estimate of drug-likeness (QED) is 0.174. The first kappa shape index (κ1) is 36.5. The van der Waals surface area contributed by atoms with Crippen LogP contribution < -0.4 is 0 Å². The van der Waals surface area contributed by atoms with Gasteiger partial charge in [-0.3, -0.25) is 0 Å². The lowest BCUT2D eigenvalue weighted by Gasteiger charge is -2.42. The van der Waals surface area contributed by atoms with Crippen LogP contribution in [0.4, 0.5) is 0 Å². The van der Waals surface area contributed by atoms with Crippen LogP contribution in [0.3, 0.4) is 0 Å². The summed E-state index contributed by atoms with van der Waals surface area (Å²) < 4.78 is 4.81. The van der Waals surface area contributed by atoms with Crippen LogP contribution in [-0.4, -0.2) is 24.1 Å². The molecule has 3 aromatic heterocycles. The molecule has 0 spiro atoms. The van der Waals surface area contributed by atoms with E-state index in [1.165, 1.54) is 60.9 Å². The summed E-state index contributed by atoms with van der Waals surface area (Å²) in [6, 6.07) is 63.2. The predicted octanol–water partition coefficient (Wildman–Crippen LogP) is 14.6. The second-order valence-electron chi connectivity index (χ2n) is 18.3. The number of hydrogen-bond acceptors (Lipinski definition) is 3. The van der Waals surface area contributed by atoms with Crippen molar-refractivity contribution in [2.45, 2.75) is 51.4 Å². The maximum absolute atomic E-state index is 5.29. The molecular formula is C57H45N5. The van der Waals surface area contributed by atoms with Crippen LogP contribution in [0.1, 0.15) is 51.7 Å². The summed E-state index contributed by atoms with van der Waals surface area (Å²) >= 11 is 0. The van der Waals surface area contributed by atoms with Gasteiger partial charge in [0.2, 0.25) is 0 Å². The number of para-hydroxylation sites is 2. The zero-order valence-electron chi connectivity index (χ0n) is 35.4. The van der Waals surface area contributed by atoms with Gasteiger partial charge >= 0.3 is 0 Å². The number of fused-ring (bicyclic) bond motifs is 9. The highest BCUT2D eigenvalue weighted by Gasteiger charge is 2.38. The number of nitrogens with zero attached hydrogens (tertiary/aromatic N) is 5. The molecule has 0 radical (unpaired) electrons. The van der Waals surface area contributed by atoms with Crippen LogP contribution in [0.25, 0.3) is 99.9 Å². The largest absolute Gasteiger partial charge is 0.309 e. The highest BCUT2D eigenvalue weighted by atomic mass is 15.0. The van der Waals surface area contributed by atoms with Crippen molar-refractivity contribution in [2.24, 2.45) is 0 Å². The molecule has 8 aromatic carbocycles. The van der Waals surface area contributed by atoms with E-state index in [0.29, 0.717) is 17.5 Å². The maximum atomic E-state index is 5.29. The molecule has 1 aliphatic carbocycles. The average molecular weight is 800 g/mol. The van der Waals surface area contributed by atoms with Gasteiger partial charge in [-0.2, -0.15) is 0 Å². The first-order valence-electron chi connectivity index (χ1n) is 21.7. The topological polar surface area (TPSA) is 48.5 Å². The molecule has 3 heterocycles. The van der Waals surface area contributed by atoms with Gasteiger partial charge in [-0.15, -0.1) is 0 Å². The van der Waals surface area contributed by atoms with E-state index in [1.807, 2.05) is 18.2 Å². The van der Waals surface area contributed by atoms with Gasteiger partial charge in [0.05, 0.1) is 22.1 Å². The van der Waals surface area contributed by atoms with Crippen molar-refractivity contribution in [3.8, 4) is 45.5 Å². The molecule has 0 saturated heterocycles. The third kappa shape index (κ3) is 5.65. The Morgan fingerprint density at radius 1 is 0.371 bits per heavy atom. The minimum absolute atomic E-state index is 0.0677. The van der Waals surface area contributed by atoms with Crippen molar-refractivity contribution in [1.29, 1.82) is 0 Å². The molecule has 0 bridgehead atoms. The number of benzene rings is 8. The summed E-state index contributed by atoms with van der Waals surface area (Å²) in [4.78, 5) is 15.6. The van der Waals surface area contributed by atoms with Crippen molar-refractivity contribution < 1.29 is 0 Å². The minimum Gasteiger partial charge on any atom is -0.309 e. The monoisotopic (exact) mass is 799 g/mol. The molecule has 0 atom stereocenters. The van der Waals surface area contributed by atoms with Gasteiger partial charge in [-0.1, -0.05) is 149 Å². The van der Waals surface area contributed by atoms with Crippen molar-refractivity contribution in [3.63, 3.8) is 0 Å². The van der Waals surface area contributed by atoms with Crippen molar-refractivity contribution in [1.82, 2.24) is 24.1 Å². The van der Waals surface area contributed by atoms with E-state index >= 15 is 0 Å². The molecule has 5 heteroatoms. The summed E-state index contributed by atoms with van der Waals surface area (Å²) in [7, 11) is 0. The summed E-state index contributed by atoms with van der Waals surface area (Å²) in [6.45, 7) is 9.66. The van der Waals surface area contributed by atoms with Gasteiger partial charge in [0, 0.05) is 49.6 Å². The molecule has 0 unspecified atom stereocenters. The van der Waals surface area contributed by atoms with E-state index in [1.54, 1.807) is 0 Å². The Labute approximate surface area is 361 Å². The molecule has 1 aliphatic rings. The first-order chi connectivity index (χ1) is 30.2. The smallest absolute Gasteiger partial charge is 0.164 e. The molecule has 298 valence electrons. The molecule has 0 amide bonds. The van der Waals surface area contributed by atoms with Crippen LogP contribution >= 0.6 is 0 Å². The Kier molecular flexibility index (Phi) is 7.98. The molecule has 0 N–H and O–H groups in total. The normalized spacial score (nSPS) is 14.6. The Morgan fingerprint density at radius 2 is 0.855 bits per heavy atom. The summed E-state index contributed by atoms with van der Waals surface area (Å²) in [6.07, 6.45) is 2.33. The van der Waals surface area contributed by atoms with Crippen LogP contribution in [0.15, 0.2) is 176 Å². The lowest BCUT2D eigenvalue weighted by Crippen LogP contribution is -2.33. The molecular weight excluding hydrogens is 755 g/mol. The van der Waals surface area contributed by atoms with Gasteiger partial charge in [-0.05, 0) is 100 Å². The van der Waals surface area contributed by atoms with Crippen molar-refractivity contribution in [3.05, 3.63) is 187 Å². The predicted molar refractivity (Wildman–Crippen MR) is 258 cm³/mol. The first-order valence-corrected chi connectivity index (χ1v) is 21.7. The maximum Gasteiger partial charge on any atom is 0.164 e. The van der Waals surface area contributed by atoms with E-state index < -0.39 is 0 Å². The fraction of sp³-hybridized carbons (Fsp3) is 0.140. The zero-order valence-corrected chi connectivity index (χ0v) is 35.4. The highest BCUT2D eigenvalue weighted by Crippen LogP contribution is 2.49. The summed E-state index contributed by atoms with van der Waals surface area (Å²) in [5, 5.41) is 7.57. The van der Waals surface area contributed by atoms with Gasteiger partial charge in [0.1, 0.15) is 0 Å². The molecule has 11 aromatic rings. The number of rotatable bonds is 5. The zero-order chi connectivity index (χ0) is 41.7. The fourth-order valence-electron chi connectivity index (χ4n) is 10.2. The van der Waals surface area contributed by atoms with E-state index in [-0.39, 0.29) is 10.8 Å². The Balaban J connectivity index is 1.06. The third-order valence-electron chi connectivity index (χ3n) is 13.6. The molecule has 12 rings (SSSR count). The van der Waals surface area contributed by atoms with Crippen LogP contribution in [0, 0.1) is 0 Å². The van der Waals surface area contributed by atoms with Gasteiger partial charge in [0.25, 0.3) is 0 Å². The highest BCUT2D eigenvalue weighted by molar-refractivity contribution is 6.21. The second-order valence-corrected chi connectivity index (χ2v) is 18.3. The lowest BCUT2D eigenvalue weighted by atomic mass is 9.63. The Bertz CT molecular complexity index is 3530. The van der Waals surface area contributed by atoms with Crippen LogP contribution in [0.5, 0.6) is 0 Å². The standard InChI is InChI=1S/C57H45N5/c1-56(2)30-31-57(3,4)47-35-51-45(34-46(47)56)52-42-23-9-8-16-36(42)28-29-50(52)62(51)41-22-15-20-39(33-41)55-59-53(37-17-6-5-7-18-37)58-54(60-55)38-19-14-21-40(32-38)61-48-26-12-10-24-43(48)44-25-11-13-27-49(44)61/h5-29,32-35H,30-31H2,1-4H3. The number of aromatic nitrogens is 5. The van der Waals surface area contributed by atoms with E-state index in [2.05, 4.69) is 195 Å². The Hall–Kier alpha value is -7.37. The van der Waals surface area contributed by atoms with Crippen molar-refractivity contribution >= 4 is 54.4 Å². The van der Waals surface area contributed by atoms with Gasteiger partial charge in [-0.25, -0.2) is 15.0 Å². The lowest BCUT2D eigenvalue weighted by molar-refractivity contribution is 0.332. The SMILES string of the molecule is CC1(C)CCC(C)(C)c2cc3c(cc21)c1c2ccccc2ccc1n3-c1cccc(-c2nc(-c3ccccc3)nc(-c3cccc(-n4c5ccccc5c5ccccc54)c3)n2)c1. The van der Waals surface area contributed by atoms with Crippen molar-refractivity contribution in [2.75, 3.05) is 0 Å². The molecule has 0 aliphatic heterocycles. The molecule has 0 saturated carbocycles. The van der Waals surface area contributed by atoms with Gasteiger partial charge in [0.15, 0.2) is 17.5 Å². The van der Waals surface area contributed by atoms with Crippen LogP contribution in [-0.2, 0) is 10.8 Å². The van der Waals surface area contributed by atoms with Crippen LogP contribution in [0.2, 0.25) is 0 Å². The fourth-order valence-corrected chi connectivity index (χ4v) is 10.2. The average Bonchev–Trinajstić information content (AvgIpc) is 3.83. The minimum atomic E-state index is 0.0677. The third-order valence-corrected chi connectivity index (χ3v) is 13.6. The Morgan fingerprint density at radius 3 is 1.47 bits per heavy atom. The molecule has 5 nitrogen and oxygen atoms in total. The number of hydrogen-bond donors (Lipinski definition) is 0. The van der Waals surface area contributed by atoms with Gasteiger partial charge < -0.3 is 9.13 Å².